The van der Waals surface area contributed by atoms with Crippen molar-refractivity contribution in [3.8, 4) is 0 Å². The minimum atomic E-state index is -0.945. The largest absolute Gasteiger partial charge is 0.464 e. The van der Waals surface area contributed by atoms with Crippen LogP contribution in [0.3, 0.4) is 0 Å². The normalized spacial score (nSPS) is 11.9. The van der Waals surface area contributed by atoms with Gasteiger partial charge in [0.25, 0.3) is 0 Å². The number of halogens is 2. The zero-order valence-electron chi connectivity index (χ0n) is 8.67. The predicted octanol–water partition coefficient (Wildman–Crippen LogP) is 2.38. The lowest BCUT2D eigenvalue weighted by atomic mass is 10.3. The lowest BCUT2D eigenvalue weighted by Crippen LogP contribution is -2.37. The number of esters is 1. The lowest BCUT2D eigenvalue weighted by molar-refractivity contribution is -0.143. The Kier molecular flexibility index (Phi) is 5.38. The van der Waals surface area contributed by atoms with Crippen molar-refractivity contribution in [1.82, 2.24) is 5.43 Å². The maximum Gasteiger partial charge on any atom is 0.340 e. The molecule has 1 aromatic rings. The number of nitrogens with one attached hydrogen (secondary N) is 2. The summed E-state index contributed by atoms with van der Waals surface area (Å²) in [5.74, 6) is -0.529. The molecule has 1 unspecified atom stereocenters. The van der Waals surface area contributed by atoms with Crippen molar-refractivity contribution in [3.63, 3.8) is 0 Å². The van der Waals surface area contributed by atoms with E-state index in [0.29, 0.717) is 17.3 Å². The van der Waals surface area contributed by atoms with Crippen LogP contribution in [0.2, 0.25) is 5.02 Å². The first-order valence-electron chi connectivity index (χ1n) is 4.71. The van der Waals surface area contributed by atoms with E-state index < -0.39 is 11.5 Å². The minimum absolute atomic E-state index is 0.293. The van der Waals surface area contributed by atoms with Crippen molar-refractivity contribution in [2.24, 2.45) is 0 Å². The van der Waals surface area contributed by atoms with Gasteiger partial charge in [-0.2, -0.15) is 0 Å². The number of hydrogen-bond donors (Lipinski definition) is 2. The summed E-state index contributed by atoms with van der Waals surface area (Å²) >= 11 is 11.5. The third kappa shape index (κ3) is 4.26. The molecule has 1 atom stereocenters. The van der Waals surface area contributed by atoms with Gasteiger partial charge in [0.05, 0.1) is 12.3 Å². The van der Waals surface area contributed by atoms with Gasteiger partial charge in [0, 0.05) is 5.02 Å². The summed E-state index contributed by atoms with van der Waals surface area (Å²) in [6.45, 7) is 2.01. The number of carbonyl (C=O) groups is 1. The van der Waals surface area contributed by atoms with E-state index in [2.05, 4.69) is 10.9 Å². The van der Waals surface area contributed by atoms with Gasteiger partial charge in [-0.1, -0.05) is 29.3 Å². The fourth-order valence-corrected chi connectivity index (χ4v) is 1.30. The molecule has 0 radical (unpaired) electrons. The highest BCUT2D eigenvalue weighted by atomic mass is 35.5. The fourth-order valence-electron chi connectivity index (χ4n) is 0.987. The van der Waals surface area contributed by atoms with Crippen LogP contribution in [-0.4, -0.2) is 18.1 Å². The van der Waals surface area contributed by atoms with E-state index in [9.17, 15) is 4.79 Å². The van der Waals surface area contributed by atoms with Crippen LogP contribution in [0.5, 0.6) is 0 Å². The number of alkyl halides is 1. The summed E-state index contributed by atoms with van der Waals surface area (Å²) in [5, 5.41) is 0.592. The first kappa shape index (κ1) is 13.1. The second-order valence-electron chi connectivity index (χ2n) is 2.89. The molecule has 6 heteroatoms. The number of hydrazine groups is 1. The van der Waals surface area contributed by atoms with Gasteiger partial charge in [0.2, 0.25) is 0 Å². The maximum atomic E-state index is 11.1. The number of rotatable bonds is 5. The van der Waals surface area contributed by atoms with Crippen LogP contribution in [0.25, 0.3) is 0 Å². The average Bonchev–Trinajstić information content (AvgIpc) is 2.26. The maximum absolute atomic E-state index is 11.1. The molecule has 4 nitrogen and oxygen atoms in total. The van der Waals surface area contributed by atoms with E-state index in [1.165, 1.54) is 0 Å². The highest BCUT2D eigenvalue weighted by Gasteiger charge is 2.15. The zero-order chi connectivity index (χ0) is 12.0. The first-order chi connectivity index (χ1) is 7.63. The van der Waals surface area contributed by atoms with Crippen LogP contribution in [0.1, 0.15) is 6.92 Å². The Hall–Kier alpha value is -0.970. The molecule has 0 saturated carbocycles. The molecule has 16 heavy (non-hydrogen) atoms. The summed E-state index contributed by atoms with van der Waals surface area (Å²) in [5.41, 5.74) is 5.12. The molecule has 0 aromatic heterocycles. The van der Waals surface area contributed by atoms with E-state index in [4.69, 9.17) is 27.9 Å². The van der Waals surface area contributed by atoms with Gasteiger partial charge in [-0.25, -0.2) is 10.2 Å². The highest BCUT2D eigenvalue weighted by molar-refractivity contribution is 6.31. The third-order valence-corrected chi connectivity index (χ3v) is 2.18. The molecule has 0 fully saturated rings. The van der Waals surface area contributed by atoms with E-state index in [0.717, 1.165) is 0 Å². The Morgan fingerprint density at radius 3 is 2.94 bits per heavy atom. The molecular formula is C10H12Cl2N2O2. The number of ether oxygens (including phenoxy) is 1. The first-order valence-corrected chi connectivity index (χ1v) is 5.52. The van der Waals surface area contributed by atoms with Gasteiger partial charge in [0.1, 0.15) is 0 Å². The standard InChI is InChI=1S/C10H12Cl2N2O2/c1-2-16-10(15)9(12)14-13-8-5-3-4-7(11)6-8/h3-6,9,13-14H,2H2,1H3. The average molecular weight is 263 g/mol. The van der Waals surface area contributed by atoms with Crippen LogP contribution in [0, 0.1) is 0 Å². The summed E-state index contributed by atoms with van der Waals surface area (Å²) < 4.78 is 4.72. The molecule has 0 aliphatic heterocycles. The molecule has 0 bridgehead atoms. The molecule has 1 rings (SSSR count). The van der Waals surface area contributed by atoms with Gasteiger partial charge < -0.3 is 10.2 Å². The number of carbonyl (C=O) groups excluding carboxylic acids is 1. The van der Waals surface area contributed by atoms with Crippen molar-refractivity contribution >= 4 is 34.9 Å². The second kappa shape index (κ2) is 6.58. The van der Waals surface area contributed by atoms with Crippen LogP contribution >= 0.6 is 23.2 Å². The Balaban J connectivity index is 2.42. The summed E-state index contributed by atoms with van der Waals surface area (Å²) in [6.07, 6.45) is 0. The molecule has 0 heterocycles. The minimum Gasteiger partial charge on any atom is -0.464 e. The van der Waals surface area contributed by atoms with Crippen molar-refractivity contribution in [3.05, 3.63) is 29.3 Å². The zero-order valence-corrected chi connectivity index (χ0v) is 10.2. The molecule has 0 aliphatic rings. The Labute approximate surface area is 104 Å². The molecular weight excluding hydrogens is 251 g/mol. The molecule has 2 N–H and O–H groups in total. The Bertz CT molecular complexity index is 360. The summed E-state index contributed by atoms with van der Waals surface area (Å²) in [6, 6.07) is 7.01. The molecule has 1 aromatic carbocycles. The lowest BCUT2D eigenvalue weighted by Gasteiger charge is -2.12. The Morgan fingerprint density at radius 1 is 1.56 bits per heavy atom. The number of hydrogen-bond acceptors (Lipinski definition) is 4. The Morgan fingerprint density at radius 2 is 2.31 bits per heavy atom. The van der Waals surface area contributed by atoms with Gasteiger partial charge >= 0.3 is 5.97 Å². The smallest absolute Gasteiger partial charge is 0.340 e. The quantitative estimate of drug-likeness (QED) is 0.370. The molecule has 0 saturated heterocycles. The van der Waals surface area contributed by atoms with Crippen molar-refractivity contribution < 1.29 is 9.53 Å². The third-order valence-electron chi connectivity index (χ3n) is 1.66. The summed E-state index contributed by atoms with van der Waals surface area (Å²) in [7, 11) is 0. The van der Waals surface area contributed by atoms with Gasteiger partial charge in [-0.15, -0.1) is 0 Å². The number of benzene rings is 1. The predicted molar refractivity (Wildman–Crippen MR) is 64.5 cm³/mol. The SMILES string of the molecule is CCOC(=O)C(Cl)NNc1cccc(Cl)c1. The van der Waals surface area contributed by atoms with E-state index in [1.807, 2.05) is 0 Å². The van der Waals surface area contributed by atoms with Crippen molar-refractivity contribution in [2.75, 3.05) is 12.0 Å². The summed E-state index contributed by atoms with van der Waals surface area (Å²) in [4.78, 5) is 11.1. The van der Waals surface area contributed by atoms with Crippen LogP contribution < -0.4 is 10.9 Å². The fraction of sp³-hybridized carbons (Fsp3) is 0.300. The number of anilines is 1. The monoisotopic (exact) mass is 262 g/mol. The van der Waals surface area contributed by atoms with Crippen LogP contribution in [0.4, 0.5) is 5.69 Å². The van der Waals surface area contributed by atoms with E-state index >= 15 is 0 Å². The van der Waals surface area contributed by atoms with Gasteiger partial charge in [-0.3, -0.25) is 0 Å². The topological polar surface area (TPSA) is 50.4 Å². The van der Waals surface area contributed by atoms with Crippen LogP contribution in [-0.2, 0) is 9.53 Å². The van der Waals surface area contributed by atoms with Gasteiger partial charge in [-0.05, 0) is 25.1 Å². The highest BCUT2D eigenvalue weighted by Crippen LogP contribution is 2.14. The molecule has 88 valence electrons. The molecule has 0 amide bonds. The molecule has 0 aliphatic carbocycles. The van der Waals surface area contributed by atoms with E-state index in [1.54, 1.807) is 31.2 Å². The molecule has 0 spiro atoms. The van der Waals surface area contributed by atoms with Crippen molar-refractivity contribution in [1.29, 1.82) is 0 Å². The van der Waals surface area contributed by atoms with Gasteiger partial charge in [0.15, 0.2) is 5.50 Å². The van der Waals surface area contributed by atoms with Crippen LogP contribution in [0.15, 0.2) is 24.3 Å². The van der Waals surface area contributed by atoms with Crippen molar-refractivity contribution in [2.45, 2.75) is 12.4 Å². The van der Waals surface area contributed by atoms with E-state index in [-0.39, 0.29) is 0 Å². The second-order valence-corrected chi connectivity index (χ2v) is 3.77.